The van der Waals surface area contributed by atoms with Gasteiger partial charge in [-0.1, -0.05) is 0 Å². The van der Waals surface area contributed by atoms with Gasteiger partial charge in [0.25, 0.3) is 0 Å². The minimum absolute atomic E-state index is 0.0255. The molecule has 1 heterocycles. The van der Waals surface area contributed by atoms with Gasteiger partial charge in [-0.05, 0) is 26.0 Å². The molecule has 2 rings (SSSR count). The van der Waals surface area contributed by atoms with Crippen molar-refractivity contribution in [3.8, 4) is 6.07 Å². The van der Waals surface area contributed by atoms with Gasteiger partial charge in [0.2, 0.25) is 0 Å². The zero-order valence-electron chi connectivity index (χ0n) is 11.8. The Kier molecular flexibility index (Phi) is 4.01. The molecule has 0 amide bonds. The molecule has 1 aromatic carbocycles. The Hall–Kier alpha value is -1.94. The molecule has 0 spiro atoms. The number of piperazine rings is 1. The molecule has 3 N–H and O–H groups in total. The number of alkyl halides is 3. The van der Waals surface area contributed by atoms with Gasteiger partial charge in [-0.3, -0.25) is 0 Å². The highest BCUT2D eigenvalue weighted by Crippen LogP contribution is 2.41. The molecule has 0 bridgehead atoms. The number of nitriles is 1. The Bertz CT molecular complexity index is 577. The smallest absolute Gasteiger partial charge is 0.397 e. The SMILES string of the molecule is CC1CN(c2ccc(C#N)c(C(F)(F)F)c2N)C(C)CN1. The fourth-order valence-corrected chi connectivity index (χ4v) is 2.61. The number of nitrogens with one attached hydrogen (secondary N) is 1. The van der Waals surface area contributed by atoms with Crippen molar-refractivity contribution < 1.29 is 13.2 Å². The van der Waals surface area contributed by atoms with E-state index < -0.39 is 17.3 Å². The number of nitrogens with zero attached hydrogens (tertiary/aromatic N) is 2. The Morgan fingerprint density at radius 2 is 2.05 bits per heavy atom. The van der Waals surface area contributed by atoms with Gasteiger partial charge in [0, 0.05) is 25.2 Å². The number of nitrogens with two attached hydrogens (primary N) is 1. The molecule has 1 fully saturated rings. The van der Waals surface area contributed by atoms with Crippen LogP contribution in [0.3, 0.4) is 0 Å². The van der Waals surface area contributed by atoms with Gasteiger partial charge in [-0.2, -0.15) is 18.4 Å². The minimum Gasteiger partial charge on any atom is -0.397 e. The number of anilines is 2. The zero-order chi connectivity index (χ0) is 15.8. The van der Waals surface area contributed by atoms with Gasteiger partial charge in [0.1, 0.15) is 0 Å². The summed E-state index contributed by atoms with van der Waals surface area (Å²) in [6.07, 6.45) is -4.64. The van der Waals surface area contributed by atoms with E-state index in [1.165, 1.54) is 12.1 Å². The number of nitrogen functional groups attached to an aromatic ring is 1. The molecule has 4 nitrogen and oxygen atoms in total. The third-order valence-corrected chi connectivity index (χ3v) is 3.70. The van der Waals surface area contributed by atoms with Crippen LogP contribution in [-0.4, -0.2) is 25.2 Å². The maximum absolute atomic E-state index is 13.2. The lowest BCUT2D eigenvalue weighted by molar-refractivity contribution is -0.137. The molecule has 21 heavy (non-hydrogen) atoms. The largest absolute Gasteiger partial charge is 0.419 e. The van der Waals surface area contributed by atoms with E-state index in [0.717, 1.165) is 0 Å². The second-order valence-electron chi connectivity index (χ2n) is 5.34. The average Bonchev–Trinajstić information content (AvgIpc) is 2.40. The quantitative estimate of drug-likeness (QED) is 0.781. The Morgan fingerprint density at radius 1 is 1.38 bits per heavy atom. The van der Waals surface area contributed by atoms with Crippen molar-refractivity contribution in [1.82, 2.24) is 5.32 Å². The molecule has 1 aromatic rings. The van der Waals surface area contributed by atoms with E-state index in [0.29, 0.717) is 18.8 Å². The average molecular weight is 298 g/mol. The first-order valence-corrected chi connectivity index (χ1v) is 6.65. The normalized spacial score (nSPS) is 23.0. The topological polar surface area (TPSA) is 65.1 Å². The molecule has 1 aliphatic rings. The van der Waals surface area contributed by atoms with E-state index in [1.54, 1.807) is 6.07 Å². The first-order valence-electron chi connectivity index (χ1n) is 6.65. The van der Waals surface area contributed by atoms with Crippen LogP contribution in [0, 0.1) is 11.3 Å². The maximum atomic E-state index is 13.2. The first-order chi connectivity index (χ1) is 9.75. The predicted molar refractivity (Wildman–Crippen MR) is 74.8 cm³/mol. The molecule has 2 unspecified atom stereocenters. The van der Waals surface area contributed by atoms with Crippen molar-refractivity contribution in [2.75, 3.05) is 23.7 Å². The second-order valence-corrected chi connectivity index (χ2v) is 5.34. The molecule has 2 atom stereocenters. The number of halogens is 3. The Morgan fingerprint density at radius 3 is 2.62 bits per heavy atom. The highest BCUT2D eigenvalue weighted by atomic mass is 19.4. The van der Waals surface area contributed by atoms with Crippen LogP contribution in [0.1, 0.15) is 25.0 Å². The van der Waals surface area contributed by atoms with E-state index in [4.69, 9.17) is 11.0 Å². The van der Waals surface area contributed by atoms with E-state index in [1.807, 2.05) is 18.7 Å². The molecule has 0 radical (unpaired) electrons. The molecule has 114 valence electrons. The monoisotopic (exact) mass is 298 g/mol. The van der Waals surface area contributed by atoms with Crippen molar-refractivity contribution in [2.24, 2.45) is 0 Å². The Labute approximate surface area is 121 Å². The maximum Gasteiger partial charge on any atom is 0.419 e. The number of hydrogen-bond acceptors (Lipinski definition) is 4. The Balaban J connectivity index is 2.54. The first kappa shape index (κ1) is 15.4. The summed E-state index contributed by atoms with van der Waals surface area (Å²) in [6.45, 7) is 5.11. The van der Waals surface area contributed by atoms with Gasteiger partial charge in [0.05, 0.1) is 28.6 Å². The predicted octanol–water partition coefficient (Wildman–Crippen LogP) is 2.35. The number of benzene rings is 1. The van der Waals surface area contributed by atoms with Crippen molar-refractivity contribution in [3.05, 3.63) is 23.3 Å². The van der Waals surface area contributed by atoms with Crippen LogP contribution in [0.5, 0.6) is 0 Å². The minimum atomic E-state index is -4.64. The summed E-state index contributed by atoms with van der Waals surface area (Å²) in [4.78, 5) is 1.85. The highest BCUT2D eigenvalue weighted by Gasteiger charge is 2.38. The summed E-state index contributed by atoms with van der Waals surface area (Å²) < 4.78 is 39.5. The van der Waals surface area contributed by atoms with Crippen LogP contribution in [-0.2, 0) is 6.18 Å². The molecule has 0 saturated carbocycles. The van der Waals surface area contributed by atoms with E-state index >= 15 is 0 Å². The fourth-order valence-electron chi connectivity index (χ4n) is 2.61. The van der Waals surface area contributed by atoms with E-state index in [2.05, 4.69) is 5.32 Å². The summed E-state index contributed by atoms with van der Waals surface area (Å²) in [6, 6.07) is 4.43. The summed E-state index contributed by atoms with van der Waals surface area (Å²) in [5.41, 5.74) is 4.23. The lowest BCUT2D eigenvalue weighted by atomic mass is 10.0. The van der Waals surface area contributed by atoms with Crippen LogP contribution in [0.4, 0.5) is 24.5 Å². The standard InChI is InChI=1S/C14H17F3N4/c1-8-7-21(9(2)6-20-8)11-4-3-10(5-18)12(13(11)19)14(15,16)17/h3-4,8-9,20H,6-7,19H2,1-2H3. The van der Waals surface area contributed by atoms with Gasteiger partial charge in [-0.25, -0.2) is 0 Å². The van der Waals surface area contributed by atoms with Crippen LogP contribution < -0.4 is 16.0 Å². The van der Waals surface area contributed by atoms with Gasteiger partial charge in [0.15, 0.2) is 0 Å². The number of hydrogen-bond donors (Lipinski definition) is 2. The summed E-state index contributed by atoms with van der Waals surface area (Å²) in [5, 5.41) is 12.1. The third-order valence-electron chi connectivity index (χ3n) is 3.70. The van der Waals surface area contributed by atoms with Gasteiger partial charge < -0.3 is 16.0 Å². The summed E-state index contributed by atoms with van der Waals surface area (Å²) in [5.74, 6) is 0. The van der Waals surface area contributed by atoms with Crippen molar-refractivity contribution in [2.45, 2.75) is 32.1 Å². The van der Waals surface area contributed by atoms with Crippen molar-refractivity contribution >= 4 is 11.4 Å². The lowest BCUT2D eigenvalue weighted by Gasteiger charge is -2.40. The van der Waals surface area contributed by atoms with Gasteiger partial charge >= 0.3 is 6.18 Å². The molecular weight excluding hydrogens is 281 g/mol. The molecule has 7 heteroatoms. The molecule has 1 saturated heterocycles. The van der Waals surface area contributed by atoms with Crippen LogP contribution in [0.25, 0.3) is 0 Å². The highest BCUT2D eigenvalue weighted by molar-refractivity contribution is 5.75. The van der Waals surface area contributed by atoms with Crippen molar-refractivity contribution in [3.63, 3.8) is 0 Å². The van der Waals surface area contributed by atoms with Crippen molar-refractivity contribution in [1.29, 1.82) is 5.26 Å². The molecular formula is C14H17F3N4. The van der Waals surface area contributed by atoms with E-state index in [-0.39, 0.29) is 17.8 Å². The molecule has 1 aliphatic heterocycles. The van der Waals surface area contributed by atoms with E-state index in [9.17, 15) is 13.2 Å². The van der Waals surface area contributed by atoms with Crippen LogP contribution >= 0.6 is 0 Å². The van der Waals surface area contributed by atoms with Crippen LogP contribution in [0.2, 0.25) is 0 Å². The lowest BCUT2D eigenvalue weighted by Crippen LogP contribution is -2.54. The third kappa shape index (κ3) is 2.90. The van der Waals surface area contributed by atoms with Crippen LogP contribution in [0.15, 0.2) is 12.1 Å². The second kappa shape index (κ2) is 5.45. The number of rotatable bonds is 1. The molecule has 0 aromatic heterocycles. The fraction of sp³-hybridized carbons (Fsp3) is 0.500. The van der Waals surface area contributed by atoms with Gasteiger partial charge in [-0.15, -0.1) is 0 Å². The molecule has 0 aliphatic carbocycles. The zero-order valence-corrected chi connectivity index (χ0v) is 11.8. The summed E-state index contributed by atoms with van der Waals surface area (Å²) in [7, 11) is 0. The summed E-state index contributed by atoms with van der Waals surface area (Å²) >= 11 is 0.